The maximum atomic E-state index is 5.80. The van der Waals surface area contributed by atoms with E-state index in [1.165, 1.54) is 0 Å². The van der Waals surface area contributed by atoms with Gasteiger partial charge in [0.2, 0.25) is 0 Å². The van der Waals surface area contributed by atoms with Crippen molar-refractivity contribution in [2.45, 2.75) is 6.61 Å². The van der Waals surface area contributed by atoms with E-state index in [1.807, 2.05) is 60.7 Å². The van der Waals surface area contributed by atoms with Gasteiger partial charge in [-0.05, 0) is 29.8 Å². The first kappa shape index (κ1) is 13.6. The average molecular weight is 297 g/mol. The highest BCUT2D eigenvalue weighted by atomic mass is 35.5. The first-order chi connectivity index (χ1) is 10.3. The SMILES string of the molecule is Clc1ccc(-c2cccc(OCc3ccccc3)c2)nn1. The molecule has 1 aromatic heterocycles. The second kappa shape index (κ2) is 6.37. The Morgan fingerprint density at radius 2 is 1.71 bits per heavy atom. The molecule has 0 bridgehead atoms. The molecule has 3 aromatic rings. The van der Waals surface area contributed by atoms with Crippen LogP contribution >= 0.6 is 11.6 Å². The van der Waals surface area contributed by atoms with E-state index in [-0.39, 0.29) is 0 Å². The van der Waals surface area contributed by atoms with Crippen molar-refractivity contribution in [3.05, 3.63) is 77.4 Å². The zero-order valence-electron chi connectivity index (χ0n) is 11.2. The lowest BCUT2D eigenvalue weighted by Gasteiger charge is -2.08. The van der Waals surface area contributed by atoms with Crippen LogP contribution in [-0.4, -0.2) is 10.2 Å². The Bertz CT molecular complexity index is 714. The van der Waals surface area contributed by atoms with E-state index in [4.69, 9.17) is 16.3 Å². The largest absolute Gasteiger partial charge is 0.489 e. The molecule has 0 spiro atoms. The van der Waals surface area contributed by atoms with Crippen molar-refractivity contribution in [2.75, 3.05) is 0 Å². The van der Waals surface area contributed by atoms with Crippen molar-refractivity contribution < 1.29 is 4.74 Å². The topological polar surface area (TPSA) is 35.0 Å². The number of halogens is 1. The number of nitrogens with zero attached hydrogens (tertiary/aromatic N) is 2. The lowest BCUT2D eigenvalue weighted by Crippen LogP contribution is -1.95. The second-order valence-corrected chi connectivity index (χ2v) is 4.93. The van der Waals surface area contributed by atoms with Gasteiger partial charge in [0, 0.05) is 5.56 Å². The molecule has 0 atom stereocenters. The Kier molecular flexibility index (Phi) is 4.12. The fraction of sp³-hybridized carbons (Fsp3) is 0.0588. The van der Waals surface area contributed by atoms with Gasteiger partial charge >= 0.3 is 0 Å². The number of rotatable bonds is 4. The van der Waals surface area contributed by atoms with Gasteiger partial charge in [0.15, 0.2) is 5.15 Å². The Labute approximate surface area is 128 Å². The van der Waals surface area contributed by atoms with Crippen LogP contribution in [0, 0.1) is 0 Å². The maximum Gasteiger partial charge on any atom is 0.151 e. The molecule has 4 heteroatoms. The molecule has 0 saturated heterocycles. The molecule has 3 nitrogen and oxygen atoms in total. The van der Waals surface area contributed by atoms with Crippen molar-refractivity contribution in [1.82, 2.24) is 10.2 Å². The first-order valence-electron chi connectivity index (χ1n) is 6.58. The third-order valence-electron chi connectivity index (χ3n) is 3.01. The van der Waals surface area contributed by atoms with Crippen molar-refractivity contribution in [3.63, 3.8) is 0 Å². The summed E-state index contributed by atoms with van der Waals surface area (Å²) in [5, 5.41) is 8.31. The molecule has 0 fully saturated rings. The molecule has 1 heterocycles. The number of hydrogen-bond acceptors (Lipinski definition) is 3. The molecule has 0 amide bonds. The summed E-state index contributed by atoms with van der Waals surface area (Å²) in [4.78, 5) is 0. The van der Waals surface area contributed by atoms with Gasteiger partial charge in [-0.1, -0.05) is 54.1 Å². The predicted molar refractivity (Wildman–Crippen MR) is 83.3 cm³/mol. The summed E-state index contributed by atoms with van der Waals surface area (Å²) in [6.07, 6.45) is 0. The van der Waals surface area contributed by atoms with Gasteiger partial charge in [0.05, 0.1) is 5.69 Å². The summed E-state index contributed by atoms with van der Waals surface area (Å²) < 4.78 is 5.80. The molecule has 2 aromatic carbocycles. The maximum absolute atomic E-state index is 5.80. The highest BCUT2D eigenvalue weighted by Crippen LogP contribution is 2.23. The van der Waals surface area contributed by atoms with Crippen molar-refractivity contribution >= 4 is 11.6 Å². The van der Waals surface area contributed by atoms with Crippen LogP contribution in [0.3, 0.4) is 0 Å². The molecule has 21 heavy (non-hydrogen) atoms. The molecule has 0 radical (unpaired) electrons. The molecule has 0 aliphatic heterocycles. The molecule has 0 saturated carbocycles. The summed E-state index contributed by atoms with van der Waals surface area (Å²) in [6, 6.07) is 21.4. The number of ether oxygens (including phenoxy) is 1. The Morgan fingerprint density at radius 3 is 2.48 bits per heavy atom. The highest BCUT2D eigenvalue weighted by molar-refractivity contribution is 6.29. The summed E-state index contributed by atoms with van der Waals surface area (Å²) in [5.74, 6) is 0.799. The van der Waals surface area contributed by atoms with Gasteiger partial charge in [-0.25, -0.2) is 0 Å². The molecule has 0 aliphatic rings. The summed E-state index contributed by atoms with van der Waals surface area (Å²) in [5.41, 5.74) is 2.85. The summed E-state index contributed by atoms with van der Waals surface area (Å²) >= 11 is 5.75. The molecule has 0 unspecified atom stereocenters. The van der Waals surface area contributed by atoms with E-state index in [1.54, 1.807) is 6.07 Å². The van der Waals surface area contributed by atoms with Crippen LogP contribution < -0.4 is 4.74 Å². The minimum absolute atomic E-state index is 0.384. The Morgan fingerprint density at radius 1 is 0.857 bits per heavy atom. The lowest BCUT2D eigenvalue weighted by atomic mass is 10.1. The molecule has 0 N–H and O–H groups in total. The van der Waals surface area contributed by atoms with E-state index < -0.39 is 0 Å². The molecular weight excluding hydrogens is 284 g/mol. The van der Waals surface area contributed by atoms with Gasteiger partial charge in [-0.15, -0.1) is 10.2 Å². The zero-order valence-corrected chi connectivity index (χ0v) is 12.0. The van der Waals surface area contributed by atoms with Gasteiger partial charge < -0.3 is 4.74 Å². The molecule has 0 aliphatic carbocycles. The number of hydrogen-bond donors (Lipinski definition) is 0. The summed E-state index contributed by atoms with van der Waals surface area (Å²) in [6.45, 7) is 0.538. The normalized spacial score (nSPS) is 10.3. The smallest absolute Gasteiger partial charge is 0.151 e. The van der Waals surface area contributed by atoms with Crippen LogP contribution in [-0.2, 0) is 6.61 Å². The van der Waals surface area contributed by atoms with E-state index in [0.29, 0.717) is 11.8 Å². The fourth-order valence-corrected chi connectivity index (χ4v) is 2.06. The quantitative estimate of drug-likeness (QED) is 0.717. The minimum Gasteiger partial charge on any atom is -0.489 e. The van der Waals surface area contributed by atoms with Crippen molar-refractivity contribution in [3.8, 4) is 17.0 Å². The van der Waals surface area contributed by atoms with E-state index in [9.17, 15) is 0 Å². The van der Waals surface area contributed by atoms with E-state index in [2.05, 4.69) is 10.2 Å². The Balaban J connectivity index is 1.75. The van der Waals surface area contributed by atoms with Crippen LogP contribution in [0.1, 0.15) is 5.56 Å². The van der Waals surface area contributed by atoms with Crippen LogP contribution in [0.25, 0.3) is 11.3 Å². The lowest BCUT2D eigenvalue weighted by molar-refractivity contribution is 0.306. The fourth-order valence-electron chi connectivity index (χ4n) is 1.96. The number of benzene rings is 2. The highest BCUT2D eigenvalue weighted by Gasteiger charge is 2.03. The summed E-state index contributed by atoms with van der Waals surface area (Å²) in [7, 11) is 0. The van der Waals surface area contributed by atoms with Gasteiger partial charge in [-0.3, -0.25) is 0 Å². The standard InChI is InChI=1S/C17H13ClN2O/c18-17-10-9-16(19-20-17)14-7-4-8-15(11-14)21-12-13-5-2-1-3-6-13/h1-11H,12H2. The monoisotopic (exact) mass is 296 g/mol. The van der Waals surface area contributed by atoms with Crippen LogP contribution in [0.15, 0.2) is 66.7 Å². The molecule has 3 rings (SSSR count). The van der Waals surface area contributed by atoms with Gasteiger partial charge in [0.1, 0.15) is 12.4 Å². The van der Waals surface area contributed by atoms with Gasteiger partial charge in [-0.2, -0.15) is 0 Å². The first-order valence-corrected chi connectivity index (χ1v) is 6.95. The van der Waals surface area contributed by atoms with E-state index in [0.717, 1.165) is 22.6 Å². The van der Waals surface area contributed by atoms with Gasteiger partial charge in [0.25, 0.3) is 0 Å². The Hall–Kier alpha value is -2.39. The average Bonchev–Trinajstić information content (AvgIpc) is 2.55. The number of aromatic nitrogens is 2. The second-order valence-electron chi connectivity index (χ2n) is 4.54. The third-order valence-corrected chi connectivity index (χ3v) is 3.21. The predicted octanol–water partition coefficient (Wildman–Crippen LogP) is 4.38. The minimum atomic E-state index is 0.384. The van der Waals surface area contributed by atoms with Crippen molar-refractivity contribution in [1.29, 1.82) is 0 Å². The van der Waals surface area contributed by atoms with Crippen LogP contribution in [0.5, 0.6) is 5.75 Å². The zero-order chi connectivity index (χ0) is 14.5. The molecule has 104 valence electrons. The van der Waals surface area contributed by atoms with Crippen LogP contribution in [0.4, 0.5) is 0 Å². The van der Waals surface area contributed by atoms with Crippen molar-refractivity contribution in [2.24, 2.45) is 0 Å². The van der Waals surface area contributed by atoms with E-state index >= 15 is 0 Å². The van der Waals surface area contributed by atoms with Crippen LogP contribution in [0.2, 0.25) is 5.15 Å². The third kappa shape index (κ3) is 3.58. The molecular formula is C17H13ClN2O.